The molecule has 0 amide bonds. The molecule has 2 aromatic heterocycles. The van der Waals surface area contributed by atoms with Gasteiger partial charge >= 0.3 is 0 Å². The molecule has 3 rings (SSSR count). The van der Waals surface area contributed by atoms with Crippen molar-refractivity contribution >= 4 is 0 Å². The number of hydrogen-bond acceptors (Lipinski definition) is 1. The highest BCUT2D eigenvalue weighted by atomic mass is 16.3. The zero-order valence-electron chi connectivity index (χ0n) is 10.3. The molecule has 0 aliphatic rings. The first kappa shape index (κ1) is 10.9. The SMILES string of the molecule is Cc1ccc(-c2ccccc2)n1Cc1ccco1. The third kappa shape index (κ3) is 1.97. The molecule has 2 heterocycles. The molecule has 0 saturated heterocycles. The van der Waals surface area contributed by atoms with Crippen molar-refractivity contribution in [2.75, 3.05) is 0 Å². The molecule has 0 radical (unpaired) electrons. The van der Waals surface area contributed by atoms with E-state index in [2.05, 4.69) is 47.9 Å². The Kier molecular flexibility index (Phi) is 2.77. The summed E-state index contributed by atoms with van der Waals surface area (Å²) in [5.74, 6) is 0.978. The van der Waals surface area contributed by atoms with E-state index in [4.69, 9.17) is 4.42 Å². The molecule has 1 aromatic carbocycles. The molecule has 90 valence electrons. The summed E-state index contributed by atoms with van der Waals surface area (Å²) in [4.78, 5) is 0. The standard InChI is InChI=1S/C16H15NO/c1-13-9-10-16(14-6-3-2-4-7-14)17(13)12-15-8-5-11-18-15/h2-11H,12H2,1H3. The highest BCUT2D eigenvalue weighted by Gasteiger charge is 2.08. The molecule has 2 heteroatoms. The average Bonchev–Trinajstić information content (AvgIpc) is 3.03. The van der Waals surface area contributed by atoms with E-state index >= 15 is 0 Å². The van der Waals surface area contributed by atoms with Crippen LogP contribution in [0, 0.1) is 6.92 Å². The maximum Gasteiger partial charge on any atom is 0.123 e. The van der Waals surface area contributed by atoms with E-state index in [0.717, 1.165) is 12.3 Å². The fourth-order valence-electron chi connectivity index (χ4n) is 2.20. The number of aryl methyl sites for hydroxylation is 1. The fraction of sp³-hybridized carbons (Fsp3) is 0.125. The minimum Gasteiger partial charge on any atom is -0.467 e. The molecule has 0 fully saturated rings. The van der Waals surface area contributed by atoms with Crippen LogP contribution >= 0.6 is 0 Å². The molecule has 0 aliphatic heterocycles. The van der Waals surface area contributed by atoms with Crippen LogP contribution < -0.4 is 0 Å². The van der Waals surface area contributed by atoms with Gasteiger partial charge in [0.15, 0.2) is 0 Å². The van der Waals surface area contributed by atoms with Gasteiger partial charge in [-0.05, 0) is 36.8 Å². The second kappa shape index (κ2) is 4.57. The van der Waals surface area contributed by atoms with E-state index in [1.807, 2.05) is 18.2 Å². The van der Waals surface area contributed by atoms with E-state index in [1.54, 1.807) is 6.26 Å². The Balaban J connectivity index is 2.02. The number of hydrogen-bond donors (Lipinski definition) is 0. The first-order valence-electron chi connectivity index (χ1n) is 6.08. The van der Waals surface area contributed by atoms with Crippen molar-refractivity contribution in [1.82, 2.24) is 4.57 Å². The summed E-state index contributed by atoms with van der Waals surface area (Å²) in [7, 11) is 0. The van der Waals surface area contributed by atoms with Gasteiger partial charge in [-0.2, -0.15) is 0 Å². The van der Waals surface area contributed by atoms with Crippen molar-refractivity contribution in [1.29, 1.82) is 0 Å². The van der Waals surface area contributed by atoms with E-state index in [-0.39, 0.29) is 0 Å². The van der Waals surface area contributed by atoms with Gasteiger partial charge in [-0.25, -0.2) is 0 Å². The van der Waals surface area contributed by atoms with Gasteiger partial charge in [-0.1, -0.05) is 30.3 Å². The molecule has 0 unspecified atom stereocenters. The number of rotatable bonds is 3. The molecular formula is C16H15NO. The maximum atomic E-state index is 5.43. The van der Waals surface area contributed by atoms with Crippen LogP contribution in [0.15, 0.2) is 65.3 Å². The highest BCUT2D eigenvalue weighted by molar-refractivity contribution is 5.60. The van der Waals surface area contributed by atoms with Crippen LogP contribution in [0.2, 0.25) is 0 Å². The zero-order chi connectivity index (χ0) is 12.4. The summed E-state index contributed by atoms with van der Waals surface area (Å²) in [6, 6.07) is 18.7. The van der Waals surface area contributed by atoms with Gasteiger partial charge in [0.1, 0.15) is 5.76 Å². The van der Waals surface area contributed by atoms with Gasteiger partial charge in [-0.15, -0.1) is 0 Å². The Labute approximate surface area is 106 Å². The molecule has 3 aromatic rings. The first-order valence-corrected chi connectivity index (χ1v) is 6.08. The van der Waals surface area contributed by atoms with Gasteiger partial charge in [0, 0.05) is 11.4 Å². The molecule has 0 atom stereocenters. The van der Waals surface area contributed by atoms with Gasteiger partial charge in [-0.3, -0.25) is 0 Å². The summed E-state index contributed by atoms with van der Waals surface area (Å²) in [5.41, 5.74) is 3.70. The van der Waals surface area contributed by atoms with Gasteiger partial charge in [0.25, 0.3) is 0 Å². The predicted octanol–water partition coefficient (Wildman–Crippen LogP) is 4.10. The van der Waals surface area contributed by atoms with E-state index < -0.39 is 0 Å². The molecule has 2 nitrogen and oxygen atoms in total. The van der Waals surface area contributed by atoms with Crippen molar-refractivity contribution in [3.8, 4) is 11.3 Å². The molecule has 0 spiro atoms. The molecular weight excluding hydrogens is 222 g/mol. The molecule has 0 N–H and O–H groups in total. The van der Waals surface area contributed by atoms with Crippen LogP contribution in [-0.2, 0) is 6.54 Å². The highest BCUT2D eigenvalue weighted by Crippen LogP contribution is 2.23. The minimum atomic E-state index is 0.774. The van der Waals surface area contributed by atoms with Crippen molar-refractivity contribution < 1.29 is 4.42 Å². The van der Waals surface area contributed by atoms with Gasteiger partial charge in [0.2, 0.25) is 0 Å². The summed E-state index contributed by atoms with van der Waals surface area (Å²) >= 11 is 0. The number of nitrogens with zero attached hydrogens (tertiary/aromatic N) is 1. The van der Waals surface area contributed by atoms with Crippen LogP contribution in [0.25, 0.3) is 11.3 Å². The number of aromatic nitrogens is 1. The lowest BCUT2D eigenvalue weighted by atomic mass is 10.1. The smallest absolute Gasteiger partial charge is 0.123 e. The molecule has 0 bridgehead atoms. The largest absolute Gasteiger partial charge is 0.467 e. The number of benzene rings is 1. The maximum absolute atomic E-state index is 5.43. The lowest BCUT2D eigenvalue weighted by Gasteiger charge is -2.10. The van der Waals surface area contributed by atoms with Crippen molar-refractivity contribution in [2.24, 2.45) is 0 Å². The summed E-state index contributed by atoms with van der Waals surface area (Å²) < 4.78 is 7.70. The Hall–Kier alpha value is -2.22. The van der Waals surface area contributed by atoms with Crippen LogP contribution in [0.1, 0.15) is 11.5 Å². The van der Waals surface area contributed by atoms with E-state index in [9.17, 15) is 0 Å². The minimum absolute atomic E-state index is 0.774. The monoisotopic (exact) mass is 237 g/mol. The summed E-state index contributed by atoms with van der Waals surface area (Å²) in [5, 5.41) is 0. The zero-order valence-corrected chi connectivity index (χ0v) is 10.3. The molecule has 0 aliphatic carbocycles. The summed E-state index contributed by atoms with van der Waals surface area (Å²) in [6.45, 7) is 2.89. The Morgan fingerprint density at radius 1 is 0.944 bits per heavy atom. The third-order valence-corrected chi connectivity index (χ3v) is 3.16. The van der Waals surface area contributed by atoms with Crippen molar-refractivity contribution in [2.45, 2.75) is 13.5 Å². The van der Waals surface area contributed by atoms with E-state index in [1.165, 1.54) is 17.0 Å². The van der Waals surface area contributed by atoms with Gasteiger partial charge in [0.05, 0.1) is 12.8 Å². The summed E-state index contributed by atoms with van der Waals surface area (Å²) in [6.07, 6.45) is 1.72. The average molecular weight is 237 g/mol. The Bertz CT molecular complexity index is 620. The first-order chi connectivity index (χ1) is 8.84. The van der Waals surface area contributed by atoms with Gasteiger partial charge < -0.3 is 8.98 Å². The van der Waals surface area contributed by atoms with Crippen LogP contribution in [0.3, 0.4) is 0 Å². The van der Waals surface area contributed by atoms with E-state index in [0.29, 0.717) is 0 Å². The predicted molar refractivity (Wildman–Crippen MR) is 72.4 cm³/mol. The lowest BCUT2D eigenvalue weighted by molar-refractivity contribution is 0.493. The van der Waals surface area contributed by atoms with Crippen LogP contribution in [0.4, 0.5) is 0 Å². The van der Waals surface area contributed by atoms with Crippen LogP contribution in [-0.4, -0.2) is 4.57 Å². The fourth-order valence-corrected chi connectivity index (χ4v) is 2.20. The lowest BCUT2D eigenvalue weighted by Crippen LogP contribution is -2.02. The Morgan fingerprint density at radius 2 is 1.78 bits per heavy atom. The normalized spacial score (nSPS) is 10.7. The second-order valence-electron chi connectivity index (χ2n) is 4.39. The van der Waals surface area contributed by atoms with Crippen LogP contribution in [0.5, 0.6) is 0 Å². The topological polar surface area (TPSA) is 18.1 Å². The second-order valence-corrected chi connectivity index (χ2v) is 4.39. The molecule has 0 saturated carbocycles. The van der Waals surface area contributed by atoms with Crippen molar-refractivity contribution in [3.05, 3.63) is 72.3 Å². The molecule has 18 heavy (non-hydrogen) atoms. The number of furan rings is 1. The van der Waals surface area contributed by atoms with Crippen molar-refractivity contribution in [3.63, 3.8) is 0 Å². The Morgan fingerprint density at radius 3 is 2.50 bits per heavy atom. The quantitative estimate of drug-likeness (QED) is 0.670. The third-order valence-electron chi connectivity index (χ3n) is 3.16.